The number of benzene rings is 1. The van der Waals surface area contributed by atoms with Gasteiger partial charge in [-0.3, -0.25) is 4.98 Å². The lowest BCUT2D eigenvalue weighted by molar-refractivity contribution is 0.322. The van der Waals surface area contributed by atoms with Crippen molar-refractivity contribution < 1.29 is 4.74 Å². The largest absolute Gasteiger partial charge is 0.493 e. The summed E-state index contributed by atoms with van der Waals surface area (Å²) in [6, 6.07) is 12.1. The van der Waals surface area contributed by atoms with E-state index >= 15 is 0 Å². The van der Waals surface area contributed by atoms with Gasteiger partial charge >= 0.3 is 0 Å². The summed E-state index contributed by atoms with van der Waals surface area (Å²) < 4.78 is 5.75. The molecule has 18 heavy (non-hydrogen) atoms. The fraction of sp³-hybridized carbons (Fsp3) is 0.133. The molecule has 0 saturated heterocycles. The molecule has 3 rings (SSSR count). The number of ether oxygens (including phenoxy) is 1. The van der Waals surface area contributed by atoms with Gasteiger partial charge in [0.25, 0.3) is 0 Å². The van der Waals surface area contributed by atoms with Gasteiger partial charge in [0, 0.05) is 35.9 Å². The molecule has 2 heterocycles. The quantitative estimate of drug-likeness (QED) is 0.758. The molecule has 3 nitrogen and oxygen atoms in total. The second-order valence-electron chi connectivity index (χ2n) is 4.19. The Morgan fingerprint density at radius 2 is 2.17 bits per heavy atom. The summed E-state index contributed by atoms with van der Waals surface area (Å²) in [5, 5.41) is 1.17. The van der Waals surface area contributed by atoms with E-state index in [2.05, 4.69) is 22.1 Å². The number of hydrogen-bond acceptors (Lipinski definition) is 2. The number of H-pyrrole nitrogens is 1. The summed E-state index contributed by atoms with van der Waals surface area (Å²) >= 11 is 0. The van der Waals surface area contributed by atoms with E-state index in [0.717, 1.165) is 17.7 Å². The van der Waals surface area contributed by atoms with E-state index in [0.29, 0.717) is 6.61 Å². The minimum absolute atomic E-state index is 0.668. The topological polar surface area (TPSA) is 37.9 Å². The molecule has 0 aliphatic rings. The molecule has 0 spiro atoms. The first-order chi connectivity index (χ1) is 8.92. The Balaban J connectivity index is 1.62. The summed E-state index contributed by atoms with van der Waals surface area (Å²) in [6.07, 6.45) is 6.46. The van der Waals surface area contributed by atoms with Crippen molar-refractivity contribution in [1.82, 2.24) is 9.97 Å². The Morgan fingerprint density at radius 3 is 3.06 bits per heavy atom. The predicted octanol–water partition coefficient (Wildman–Crippen LogP) is 3.18. The van der Waals surface area contributed by atoms with Crippen molar-refractivity contribution in [2.24, 2.45) is 0 Å². The fourth-order valence-corrected chi connectivity index (χ4v) is 1.95. The van der Waals surface area contributed by atoms with Crippen LogP contribution in [0.4, 0.5) is 0 Å². The Bertz CT molecular complexity index is 631. The maximum atomic E-state index is 5.75. The Morgan fingerprint density at radius 1 is 1.17 bits per heavy atom. The summed E-state index contributed by atoms with van der Waals surface area (Å²) in [6.45, 7) is 0.668. The molecule has 0 bridgehead atoms. The second kappa shape index (κ2) is 4.92. The van der Waals surface area contributed by atoms with Crippen molar-refractivity contribution in [3.8, 4) is 5.75 Å². The minimum Gasteiger partial charge on any atom is -0.493 e. The van der Waals surface area contributed by atoms with Crippen LogP contribution in [-0.4, -0.2) is 16.6 Å². The average Bonchev–Trinajstić information content (AvgIpc) is 2.87. The third kappa shape index (κ3) is 2.35. The highest BCUT2D eigenvalue weighted by molar-refractivity contribution is 5.80. The summed E-state index contributed by atoms with van der Waals surface area (Å²) in [7, 11) is 0. The molecule has 0 unspecified atom stereocenters. The molecule has 0 aliphatic carbocycles. The highest BCUT2D eigenvalue weighted by atomic mass is 16.5. The fourth-order valence-electron chi connectivity index (χ4n) is 1.95. The van der Waals surface area contributed by atoms with Crippen molar-refractivity contribution in [3.05, 3.63) is 60.6 Å². The zero-order valence-corrected chi connectivity index (χ0v) is 9.97. The molecule has 3 heteroatoms. The molecular weight excluding hydrogens is 224 g/mol. The number of fused-ring (bicyclic) bond motifs is 1. The van der Waals surface area contributed by atoms with Gasteiger partial charge in [0.05, 0.1) is 6.61 Å². The van der Waals surface area contributed by atoms with E-state index in [9.17, 15) is 0 Å². The molecule has 0 fully saturated rings. The molecule has 3 aromatic rings. The van der Waals surface area contributed by atoms with E-state index in [4.69, 9.17) is 4.74 Å². The van der Waals surface area contributed by atoms with E-state index in [1.807, 2.05) is 36.7 Å². The Kier molecular flexibility index (Phi) is 2.96. The SMILES string of the molecule is c1cncc(CCOc2ccc3[nH]ccc3c2)c1. The lowest BCUT2D eigenvalue weighted by Crippen LogP contribution is -2.01. The van der Waals surface area contributed by atoms with Crippen LogP contribution in [0.5, 0.6) is 5.75 Å². The van der Waals surface area contributed by atoms with E-state index < -0.39 is 0 Å². The molecule has 0 aliphatic heterocycles. The Labute approximate surface area is 105 Å². The van der Waals surface area contributed by atoms with Gasteiger partial charge in [0.1, 0.15) is 5.75 Å². The van der Waals surface area contributed by atoms with Crippen molar-refractivity contribution in [3.63, 3.8) is 0 Å². The van der Waals surface area contributed by atoms with Crippen LogP contribution in [0.2, 0.25) is 0 Å². The average molecular weight is 238 g/mol. The molecule has 2 aromatic heterocycles. The third-order valence-electron chi connectivity index (χ3n) is 2.91. The summed E-state index contributed by atoms with van der Waals surface area (Å²) in [4.78, 5) is 7.25. The molecule has 0 amide bonds. The molecular formula is C15H14N2O. The minimum atomic E-state index is 0.668. The number of nitrogens with zero attached hydrogens (tertiary/aromatic N) is 1. The highest BCUT2D eigenvalue weighted by Crippen LogP contribution is 2.19. The van der Waals surface area contributed by atoms with Crippen LogP contribution in [0, 0.1) is 0 Å². The van der Waals surface area contributed by atoms with Crippen LogP contribution in [0.25, 0.3) is 10.9 Å². The van der Waals surface area contributed by atoms with Crippen LogP contribution < -0.4 is 4.74 Å². The lowest BCUT2D eigenvalue weighted by atomic mass is 10.2. The maximum Gasteiger partial charge on any atom is 0.120 e. The van der Waals surface area contributed by atoms with Gasteiger partial charge in [0.2, 0.25) is 0 Å². The summed E-state index contributed by atoms with van der Waals surface area (Å²) in [5.41, 5.74) is 2.33. The van der Waals surface area contributed by atoms with Crippen LogP contribution >= 0.6 is 0 Å². The van der Waals surface area contributed by atoms with E-state index in [1.54, 1.807) is 6.20 Å². The smallest absolute Gasteiger partial charge is 0.120 e. The zero-order chi connectivity index (χ0) is 12.2. The Hall–Kier alpha value is -2.29. The van der Waals surface area contributed by atoms with Gasteiger partial charge in [0.15, 0.2) is 0 Å². The van der Waals surface area contributed by atoms with Gasteiger partial charge in [-0.1, -0.05) is 6.07 Å². The van der Waals surface area contributed by atoms with E-state index in [1.165, 1.54) is 10.9 Å². The van der Waals surface area contributed by atoms with Crippen molar-refractivity contribution in [2.75, 3.05) is 6.61 Å². The molecule has 1 N–H and O–H groups in total. The predicted molar refractivity (Wildman–Crippen MR) is 71.7 cm³/mol. The molecule has 0 atom stereocenters. The number of aromatic nitrogens is 2. The van der Waals surface area contributed by atoms with Crippen LogP contribution in [0.3, 0.4) is 0 Å². The molecule has 1 aromatic carbocycles. The van der Waals surface area contributed by atoms with Crippen LogP contribution in [0.15, 0.2) is 55.0 Å². The van der Waals surface area contributed by atoms with Crippen molar-refractivity contribution in [1.29, 1.82) is 0 Å². The van der Waals surface area contributed by atoms with Gasteiger partial charge in [-0.05, 0) is 35.9 Å². The standard InChI is InChI=1S/C15H14N2O/c1-2-12(11-16-7-1)6-9-18-14-3-4-15-13(10-14)5-8-17-15/h1-5,7-8,10-11,17H,6,9H2. The number of rotatable bonds is 4. The summed E-state index contributed by atoms with van der Waals surface area (Å²) in [5.74, 6) is 0.908. The molecule has 90 valence electrons. The monoisotopic (exact) mass is 238 g/mol. The first-order valence-electron chi connectivity index (χ1n) is 6.01. The molecule has 0 saturated carbocycles. The van der Waals surface area contributed by atoms with Gasteiger partial charge < -0.3 is 9.72 Å². The van der Waals surface area contributed by atoms with Crippen LogP contribution in [-0.2, 0) is 6.42 Å². The van der Waals surface area contributed by atoms with Gasteiger partial charge in [-0.25, -0.2) is 0 Å². The first kappa shape index (κ1) is 10.8. The lowest BCUT2D eigenvalue weighted by Gasteiger charge is -2.06. The number of nitrogens with one attached hydrogen (secondary N) is 1. The molecule has 0 radical (unpaired) electrons. The maximum absolute atomic E-state index is 5.75. The first-order valence-corrected chi connectivity index (χ1v) is 6.01. The highest BCUT2D eigenvalue weighted by Gasteiger charge is 1.98. The number of aromatic amines is 1. The van der Waals surface area contributed by atoms with Crippen molar-refractivity contribution in [2.45, 2.75) is 6.42 Å². The van der Waals surface area contributed by atoms with E-state index in [-0.39, 0.29) is 0 Å². The van der Waals surface area contributed by atoms with Crippen LogP contribution in [0.1, 0.15) is 5.56 Å². The van der Waals surface area contributed by atoms with Crippen molar-refractivity contribution >= 4 is 10.9 Å². The number of hydrogen-bond donors (Lipinski definition) is 1. The van der Waals surface area contributed by atoms with Gasteiger partial charge in [-0.2, -0.15) is 0 Å². The second-order valence-corrected chi connectivity index (χ2v) is 4.19. The third-order valence-corrected chi connectivity index (χ3v) is 2.91. The van der Waals surface area contributed by atoms with Gasteiger partial charge in [-0.15, -0.1) is 0 Å². The normalized spacial score (nSPS) is 10.7. The number of pyridine rings is 1. The zero-order valence-electron chi connectivity index (χ0n) is 9.97.